The quantitative estimate of drug-likeness (QED) is 0.730. The number of hydrogen-bond acceptors (Lipinski definition) is 4. The summed E-state index contributed by atoms with van der Waals surface area (Å²) in [6.07, 6.45) is 0. The molecule has 1 aromatic heterocycles. The van der Waals surface area contributed by atoms with Crippen molar-refractivity contribution in [1.29, 1.82) is 0 Å². The van der Waals surface area contributed by atoms with Gasteiger partial charge in [0.15, 0.2) is 16.7 Å². The first-order valence-corrected chi connectivity index (χ1v) is 8.43. The zero-order valence-corrected chi connectivity index (χ0v) is 14.3. The number of rotatable bonds is 5. The number of benzene rings is 2. The predicted molar refractivity (Wildman–Crippen MR) is 96.7 cm³/mol. The molecule has 3 aromatic rings. The molecule has 5 nitrogen and oxygen atoms in total. The molecule has 3 rings (SSSR count). The van der Waals surface area contributed by atoms with Crippen LogP contribution in [0.4, 0.5) is 20.0 Å². The SMILES string of the molecule is CN(C(=O)Nc1nc(COc2ccccc2F)cs1)c1ccccc1. The highest BCUT2D eigenvalue weighted by Crippen LogP contribution is 2.21. The summed E-state index contributed by atoms with van der Waals surface area (Å²) in [7, 11) is 1.68. The molecule has 0 unspecified atom stereocenters. The van der Waals surface area contributed by atoms with E-state index in [4.69, 9.17) is 4.74 Å². The van der Waals surface area contributed by atoms with E-state index < -0.39 is 5.82 Å². The second-order valence-electron chi connectivity index (χ2n) is 5.19. The highest BCUT2D eigenvalue weighted by molar-refractivity contribution is 7.13. The Hall–Kier alpha value is -2.93. The van der Waals surface area contributed by atoms with Crippen molar-refractivity contribution in [1.82, 2.24) is 4.98 Å². The molecule has 1 heterocycles. The van der Waals surface area contributed by atoms with E-state index in [9.17, 15) is 9.18 Å². The standard InChI is InChI=1S/C18H16FN3O2S/c1-22(14-7-3-2-4-8-14)18(23)21-17-20-13(12-25-17)11-24-16-10-6-5-9-15(16)19/h2-10,12H,11H2,1H3,(H,20,21,23). The number of carbonyl (C=O) groups excluding carboxylic acids is 1. The average molecular weight is 357 g/mol. The van der Waals surface area contributed by atoms with Crippen LogP contribution < -0.4 is 15.0 Å². The average Bonchev–Trinajstić information content (AvgIpc) is 3.08. The fraction of sp³-hybridized carbons (Fsp3) is 0.111. The van der Waals surface area contributed by atoms with E-state index in [1.807, 2.05) is 30.3 Å². The van der Waals surface area contributed by atoms with Crippen molar-refractivity contribution in [3.8, 4) is 5.75 Å². The molecule has 0 aliphatic rings. The number of aromatic nitrogens is 1. The highest BCUT2D eigenvalue weighted by atomic mass is 32.1. The Morgan fingerprint density at radius 3 is 2.68 bits per heavy atom. The lowest BCUT2D eigenvalue weighted by molar-refractivity contribution is 0.258. The summed E-state index contributed by atoms with van der Waals surface area (Å²) in [5.41, 5.74) is 1.39. The summed E-state index contributed by atoms with van der Waals surface area (Å²) in [6.45, 7) is 0.127. The van der Waals surface area contributed by atoms with Crippen molar-refractivity contribution < 1.29 is 13.9 Å². The molecule has 0 fully saturated rings. The normalized spacial score (nSPS) is 10.3. The molecule has 0 saturated carbocycles. The lowest BCUT2D eigenvalue weighted by atomic mass is 10.3. The first kappa shape index (κ1) is 16.9. The van der Waals surface area contributed by atoms with Crippen molar-refractivity contribution >= 4 is 28.2 Å². The Kier molecular flexibility index (Phi) is 5.25. The summed E-state index contributed by atoms with van der Waals surface area (Å²) in [6, 6.07) is 15.2. The van der Waals surface area contributed by atoms with Crippen LogP contribution >= 0.6 is 11.3 Å². The molecule has 0 aliphatic carbocycles. The third kappa shape index (κ3) is 4.33. The van der Waals surface area contributed by atoms with E-state index in [2.05, 4.69) is 10.3 Å². The zero-order valence-electron chi connectivity index (χ0n) is 13.5. The third-order valence-corrected chi connectivity index (χ3v) is 4.23. The number of ether oxygens (including phenoxy) is 1. The van der Waals surface area contributed by atoms with Gasteiger partial charge < -0.3 is 4.74 Å². The van der Waals surface area contributed by atoms with Crippen molar-refractivity contribution in [3.63, 3.8) is 0 Å². The minimum Gasteiger partial charge on any atom is -0.484 e. The molecule has 1 N–H and O–H groups in total. The summed E-state index contributed by atoms with van der Waals surface area (Å²) >= 11 is 1.29. The molecule has 0 atom stereocenters. The lowest BCUT2D eigenvalue weighted by Gasteiger charge is -2.16. The van der Waals surface area contributed by atoms with Gasteiger partial charge in [0.25, 0.3) is 0 Å². The third-order valence-electron chi connectivity index (χ3n) is 3.43. The number of anilines is 2. The molecule has 0 bridgehead atoms. The van der Waals surface area contributed by atoms with Crippen LogP contribution in [0.25, 0.3) is 0 Å². The maximum absolute atomic E-state index is 13.5. The zero-order chi connectivity index (χ0) is 17.6. The largest absolute Gasteiger partial charge is 0.484 e. The number of para-hydroxylation sites is 2. The monoisotopic (exact) mass is 357 g/mol. The van der Waals surface area contributed by atoms with Crippen molar-refractivity contribution in [2.45, 2.75) is 6.61 Å². The Bertz CT molecular complexity index is 854. The minimum absolute atomic E-state index is 0.127. The fourth-order valence-corrected chi connectivity index (χ4v) is 2.77. The Labute approximate surface area is 148 Å². The van der Waals surface area contributed by atoms with Crippen LogP contribution in [-0.2, 0) is 6.61 Å². The Morgan fingerprint density at radius 2 is 1.92 bits per heavy atom. The van der Waals surface area contributed by atoms with Crippen LogP contribution in [0.15, 0.2) is 60.0 Å². The lowest BCUT2D eigenvalue weighted by Crippen LogP contribution is -2.31. The number of urea groups is 1. The summed E-state index contributed by atoms with van der Waals surface area (Å²) in [5, 5.41) is 4.96. The molecular weight excluding hydrogens is 341 g/mol. The number of nitrogens with zero attached hydrogens (tertiary/aromatic N) is 2. The fourth-order valence-electron chi connectivity index (χ4n) is 2.09. The molecule has 2 aromatic carbocycles. The van der Waals surface area contributed by atoms with Gasteiger partial charge in [0.05, 0.1) is 5.69 Å². The number of halogens is 1. The van der Waals surface area contributed by atoms with Crippen LogP contribution in [0.3, 0.4) is 0 Å². The van der Waals surface area contributed by atoms with Gasteiger partial charge in [0.2, 0.25) is 0 Å². The molecule has 7 heteroatoms. The minimum atomic E-state index is -0.421. The van der Waals surface area contributed by atoms with Gasteiger partial charge in [-0.3, -0.25) is 10.2 Å². The van der Waals surface area contributed by atoms with Gasteiger partial charge in [-0.2, -0.15) is 0 Å². The predicted octanol–water partition coefficient (Wildman–Crippen LogP) is 4.53. The van der Waals surface area contributed by atoms with Crippen LogP contribution in [0.2, 0.25) is 0 Å². The van der Waals surface area contributed by atoms with Gasteiger partial charge in [-0.1, -0.05) is 30.3 Å². The smallest absolute Gasteiger partial charge is 0.327 e. The van der Waals surface area contributed by atoms with Gasteiger partial charge in [-0.25, -0.2) is 14.2 Å². The van der Waals surface area contributed by atoms with Crippen LogP contribution in [0, 0.1) is 5.82 Å². The van der Waals surface area contributed by atoms with Gasteiger partial charge in [0, 0.05) is 18.1 Å². The van der Waals surface area contributed by atoms with E-state index in [1.54, 1.807) is 30.6 Å². The number of thiazole rings is 1. The first-order chi connectivity index (χ1) is 12.1. The topological polar surface area (TPSA) is 54.5 Å². The van der Waals surface area contributed by atoms with Crippen molar-refractivity contribution in [2.24, 2.45) is 0 Å². The Morgan fingerprint density at radius 1 is 1.20 bits per heavy atom. The van der Waals surface area contributed by atoms with E-state index >= 15 is 0 Å². The van der Waals surface area contributed by atoms with E-state index in [0.29, 0.717) is 10.8 Å². The highest BCUT2D eigenvalue weighted by Gasteiger charge is 2.13. The molecule has 25 heavy (non-hydrogen) atoms. The summed E-state index contributed by atoms with van der Waals surface area (Å²) in [4.78, 5) is 18.0. The van der Waals surface area contributed by atoms with Crippen LogP contribution in [-0.4, -0.2) is 18.1 Å². The molecule has 128 valence electrons. The van der Waals surface area contributed by atoms with Gasteiger partial charge >= 0.3 is 6.03 Å². The molecule has 0 saturated heterocycles. The van der Waals surface area contributed by atoms with Crippen molar-refractivity contribution in [2.75, 3.05) is 17.3 Å². The molecule has 0 spiro atoms. The second kappa shape index (κ2) is 7.76. The van der Waals surface area contributed by atoms with E-state index in [1.165, 1.54) is 22.3 Å². The molecule has 0 aliphatic heterocycles. The molecular formula is C18H16FN3O2S. The van der Waals surface area contributed by atoms with Crippen molar-refractivity contribution in [3.05, 3.63) is 71.5 Å². The van der Waals surface area contributed by atoms with E-state index in [0.717, 1.165) is 5.69 Å². The first-order valence-electron chi connectivity index (χ1n) is 7.55. The van der Waals surface area contributed by atoms with Gasteiger partial charge in [-0.15, -0.1) is 11.3 Å². The number of nitrogens with one attached hydrogen (secondary N) is 1. The number of amides is 2. The van der Waals surface area contributed by atoms with Gasteiger partial charge in [-0.05, 0) is 24.3 Å². The van der Waals surface area contributed by atoms with E-state index in [-0.39, 0.29) is 18.4 Å². The number of carbonyl (C=O) groups is 1. The molecule has 0 radical (unpaired) electrons. The second-order valence-corrected chi connectivity index (χ2v) is 6.05. The van der Waals surface area contributed by atoms with Gasteiger partial charge in [0.1, 0.15) is 6.61 Å². The Balaban J connectivity index is 1.58. The van der Waals surface area contributed by atoms with Crippen LogP contribution in [0.1, 0.15) is 5.69 Å². The maximum atomic E-state index is 13.5. The number of hydrogen-bond donors (Lipinski definition) is 1. The maximum Gasteiger partial charge on any atom is 0.327 e. The summed E-state index contributed by atoms with van der Waals surface area (Å²) in [5.74, 6) is -0.249. The summed E-state index contributed by atoms with van der Waals surface area (Å²) < 4.78 is 18.9. The molecule has 2 amide bonds. The van der Waals surface area contributed by atoms with Crippen LogP contribution in [0.5, 0.6) is 5.75 Å².